The Kier molecular flexibility index (Phi) is 7.92. The van der Waals surface area contributed by atoms with Crippen molar-refractivity contribution in [3.63, 3.8) is 0 Å². The number of piperidine rings is 1. The van der Waals surface area contributed by atoms with Crippen molar-refractivity contribution >= 4 is 33.5 Å². The minimum absolute atomic E-state index is 0.0421. The molecular weight excluding hydrogens is 452 g/mol. The minimum atomic E-state index is -3.72. The first-order valence-electron chi connectivity index (χ1n) is 10.4. The van der Waals surface area contributed by atoms with E-state index in [1.54, 1.807) is 24.3 Å². The molecule has 2 aromatic carbocycles. The summed E-state index contributed by atoms with van der Waals surface area (Å²) in [4.78, 5) is 24.4. The van der Waals surface area contributed by atoms with Crippen LogP contribution in [0.25, 0.3) is 0 Å². The summed E-state index contributed by atoms with van der Waals surface area (Å²) in [6, 6.07) is 12.7. The quantitative estimate of drug-likeness (QED) is 0.615. The summed E-state index contributed by atoms with van der Waals surface area (Å²) in [7, 11) is -3.72. The third-order valence-corrected chi connectivity index (χ3v) is 7.36. The normalized spacial score (nSPS) is 19.3. The van der Waals surface area contributed by atoms with Gasteiger partial charge in [0.05, 0.1) is 10.5 Å². The second-order valence-electron chi connectivity index (χ2n) is 8.28. The molecule has 0 bridgehead atoms. The molecule has 1 N–H and O–H groups in total. The number of hydrogen-bond donors (Lipinski definition) is 1. The SMILES string of the molecule is CC1CC(C)CN(S(=O)(=O)c2cccc(C(=O)OCC(=O)NCc3ccc(Cl)cc3)c2)C1. The molecule has 1 aliphatic rings. The number of esters is 1. The summed E-state index contributed by atoms with van der Waals surface area (Å²) in [6.07, 6.45) is 0.985. The molecule has 9 heteroatoms. The van der Waals surface area contributed by atoms with Gasteiger partial charge in [0, 0.05) is 24.7 Å². The van der Waals surface area contributed by atoms with E-state index in [1.165, 1.54) is 28.6 Å². The van der Waals surface area contributed by atoms with Gasteiger partial charge in [0.25, 0.3) is 5.91 Å². The lowest BCUT2D eigenvalue weighted by Gasteiger charge is -2.34. The molecule has 1 heterocycles. The Morgan fingerprint density at radius 2 is 1.75 bits per heavy atom. The molecule has 32 heavy (non-hydrogen) atoms. The Morgan fingerprint density at radius 3 is 2.41 bits per heavy atom. The van der Waals surface area contributed by atoms with E-state index in [0.29, 0.717) is 18.1 Å². The largest absolute Gasteiger partial charge is 0.452 e. The summed E-state index contributed by atoms with van der Waals surface area (Å²) >= 11 is 5.83. The van der Waals surface area contributed by atoms with Gasteiger partial charge in [0.1, 0.15) is 0 Å². The van der Waals surface area contributed by atoms with Crippen LogP contribution in [-0.2, 0) is 26.1 Å². The monoisotopic (exact) mass is 478 g/mol. The van der Waals surface area contributed by atoms with E-state index in [-0.39, 0.29) is 28.8 Å². The highest BCUT2D eigenvalue weighted by molar-refractivity contribution is 7.89. The zero-order valence-electron chi connectivity index (χ0n) is 18.1. The zero-order valence-corrected chi connectivity index (χ0v) is 19.7. The smallest absolute Gasteiger partial charge is 0.338 e. The van der Waals surface area contributed by atoms with Crippen molar-refractivity contribution in [2.45, 2.75) is 31.7 Å². The lowest BCUT2D eigenvalue weighted by molar-refractivity contribution is -0.124. The number of carbonyl (C=O) groups excluding carboxylic acids is 2. The van der Waals surface area contributed by atoms with E-state index in [4.69, 9.17) is 16.3 Å². The Labute approximate surface area is 193 Å². The first kappa shape index (κ1) is 24.2. The van der Waals surface area contributed by atoms with E-state index in [0.717, 1.165) is 12.0 Å². The molecule has 1 saturated heterocycles. The molecule has 0 radical (unpaired) electrons. The van der Waals surface area contributed by atoms with Gasteiger partial charge in [-0.05, 0) is 54.2 Å². The summed E-state index contributed by atoms with van der Waals surface area (Å²) in [5, 5.41) is 3.25. The van der Waals surface area contributed by atoms with E-state index in [2.05, 4.69) is 5.32 Å². The van der Waals surface area contributed by atoms with Crippen molar-refractivity contribution in [3.05, 3.63) is 64.7 Å². The van der Waals surface area contributed by atoms with Crippen LogP contribution in [0.4, 0.5) is 0 Å². The topological polar surface area (TPSA) is 92.8 Å². The highest BCUT2D eigenvalue weighted by atomic mass is 35.5. The fraction of sp³-hybridized carbons (Fsp3) is 0.391. The van der Waals surface area contributed by atoms with E-state index in [9.17, 15) is 18.0 Å². The number of nitrogens with one attached hydrogen (secondary N) is 1. The van der Waals surface area contributed by atoms with Gasteiger partial charge in [-0.3, -0.25) is 4.79 Å². The molecule has 0 spiro atoms. The summed E-state index contributed by atoms with van der Waals surface area (Å²) in [5.41, 5.74) is 0.933. The van der Waals surface area contributed by atoms with E-state index >= 15 is 0 Å². The van der Waals surface area contributed by atoms with Crippen molar-refractivity contribution in [1.29, 1.82) is 0 Å². The molecule has 2 aromatic rings. The van der Waals surface area contributed by atoms with Gasteiger partial charge in [0.2, 0.25) is 10.0 Å². The molecule has 3 rings (SSSR count). The maximum Gasteiger partial charge on any atom is 0.338 e. The van der Waals surface area contributed by atoms with Crippen LogP contribution in [0.15, 0.2) is 53.4 Å². The van der Waals surface area contributed by atoms with Crippen LogP contribution in [0.1, 0.15) is 36.2 Å². The average Bonchev–Trinajstić information content (AvgIpc) is 2.76. The molecule has 2 unspecified atom stereocenters. The van der Waals surface area contributed by atoms with Crippen LogP contribution in [0, 0.1) is 11.8 Å². The number of hydrogen-bond acceptors (Lipinski definition) is 5. The van der Waals surface area contributed by atoms with Crippen LogP contribution < -0.4 is 5.32 Å². The maximum absolute atomic E-state index is 13.1. The first-order chi connectivity index (χ1) is 15.1. The number of nitrogens with zero attached hydrogens (tertiary/aromatic N) is 1. The maximum atomic E-state index is 13.1. The molecule has 172 valence electrons. The van der Waals surface area contributed by atoms with Crippen LogP contribution in [0.3, 0.4) is 0 Å². The number of halogens is 1. The van der Waals surface area contributed by atoms with Crippen LogP contribution in [-0.4, -0.2) is 44.3 Å². The molecule has 7 nitrogen and oxygen atoms in total. The molecule has 1 fully saturated rings. The lowest BCUT2D eigenvalue weighted by Crippen LogP contribution is -2.42. The Balaban J connectivity index is 1.58. The molecule has 0 aliphatic carbocycles. The number of rotatable bonds is 7. The number of carbonyl (C=O) groups is 2. The first-order valence-corrected chi connectivity index (χ1v) is 12.3. The van der Waals surface area contributed by atoms with E-state index < -0.39 is 28.5 Å². The second kappa shape index (κ2) is 10.5. The van der Waals surface area contributed by atoms with Gasteiger partial charge in [-0.15, -0.1) is 0 Å². The number of ether oxygens (including phenoxy) is 1. The van der Waals surface area contributed by atoms with Crippen molar-refractivity contribution in [1.82, 2.24) is 9.62 Å². The van der Waals surface area contributed by atoms with Gasteiger partial charge in [0.15, 0.2) is 6.61 Å². The van der Waals surface area contributed by atoms with Crippen molar-refractivity contribution in [3.8, 4) is 0 Å². The van der Waals surface area contributed by atoms with Crippen LogP contribution in [0.2, 0.25) is 5.02 Å². The number of sulfonamides is 1. The number of amides is 1. The average molecular weight is 479 g/mol. The fourth-order valence-corrected chi connectivity index (χ4v) is 5.65. The zero-order chi connectivity index (χ0) is 23.3. The summed E-state index contributed by atoms with van der Waals surface area (Å²) in [5.74, 6) is -0.682. The Morgan fingerprint density at radius 1 is 1.09 bits per heavy atom. The molecular formula is C23H27ClN2O5S. The fourth-order valence-electron chi connectivity index (χ4n) is 3.80. The molecule has 2 atom stereocenters. The standard InChI is InChI=1S/C23H27ClN2O5S/c1-16-10-17(2)14-26(13-16)32(29,30)21-5-3-4-19(11-21)23(28)31-15-22(27)25-12-18-6-8-20(24)9-7-18/h3-9,11,16-17H,10,12-15H2,1-2H3,(H,25,27). The van der Waals surface area contributed by atoms with Gasteiger partial charge in [-0.2, -0.15) is 4.31 Å². The predicted molar refractivity (Wildman–Crippen MR) is 122 cm³/mol. The van der Waals surface area contributed by atoms with Gasteiger partial charge >= 0.3 is 5.97 Å². The van der Waals surface area contributed by atoms with Gasteiger partial charge < -0.3 is 10.1 Å². The van der Waals surface area contributed by atoms with Crippen LogP contribution in [0.5, 0.6) is 0 Å². The Bertz CT molecular complexity index is 1060. The Hall–Kier alpha value is -2.42. The van der Waals surface area contributed by atoms with Crippen molar-refractivity contribution < 1.29 is 22.7 Å². The minimum Gasteiger partial charge on any atom is -0.452 e. The van der Waals surface area contributed by atoms with Gasteiger partial charge in [-0.1, -0.05) is 43.6 Å². The molecule has 1 amide bonds. The molecule has 0 aromatic heterocycles. The number of benzene rings is 2. The highest BCUT2D eigenvalue weighted by Crippen LogP contribution is 2.27. The predicted octanol–water partition coefficient (Wildman–Crippen LogP) is 3.48. The van der Waals surface area contributed by atoms with Crippen molar-refractivity contribution in [2.75, 3.05) is 19.7 Å². The van der Waals surface area contributed by atoms with Crippen LogP contribution >= 0.6 is 11.6 Å². The van der Waals surface area contributed by atoms with E-state index in [1.807, 2.05) is 13.8 Å². The molecule has 0 saturated carbocycles. The third-order valence-electron chi connectivity index (χ3n) is 5.28. The van der Waals surface area contributed by atoms with Gasteiger partial charge in [-0.25, -0.2) is 13.2 Å². The van der Waals surface area contributed by atoms with Crippen molar-refractivity contribution in [2.24, 2.45) is 11.8 Å². The lowest BCUT2D eigenvalue weighted by atomic mass is 9.94. The summed E-state index contributed by atoms with van der Waals surface area (Å²) < 4.78 is 32.7. The second-order valence-corrected chi connectivity index (χ2v) is 10.6. The third kappa shape index (κ3) is 6.31. The highest BCUT2D eigenvalue weighted by Gasteiger charge is 2.32. The summed E-state index contributed by atoms with van der Waals surface area (Å²) in [6.45, 7) is 4.77. The molecule has 1 aliphatic heterocycles.